The largest absolute Gasteiger partial charge is 0.337 e. The molecule has 0 aliphatic carbocycles. The predicted molar refractivity (Wildman–Crippen MR) is 134 cm³/mol. The standard InChI is InChI=1S/C28H36FN3O2/c1-7-20(4)26-30-28(5,19(2)3)16-25(33)32(26)18-22-13-23(15-24(29)14-22)27(34)31(6)17-21-11-9-8-10-12-21/h8-15,19-20H,7,16-18H2,1-6H3. The lowest BCUT2D eigenvalue weighted by atomic mass is 9.83. The lowest BCUT2D eigenvalue weighted by molar-refractivity contribution is -0.130. The average molecular weight is 466 g/mol. The minimum atomic E-state index is -0.493. The van der Waals surface area contributed by atoms with Crippen LogP contribution in [-0.2, 0) is 17.9 Å². The van der Waals surface area contributed by atoms with Crippen LogP contribution in [0.15, 0.2) is 53.5 Å². The molecule has 0 saturated heterocycles. The monoisotopic (exact) mass is 465 g/mol. The van der Waals surface area contributed by atoms with Crippen molar-refractivity contribution in [3.8, 4) is 0 Å². The van der Waals surface area contributed by atoms with Gasteiger partial charge in [0.25, 0.3) is 5.91 Å². The molecule has 0 bridgehead atoms. The zero-order valence-electron chi connectivity index (χ0n) is 21.1. The van der Waals surface area contributed by atoms with Crippen LogP contribution >= 0.6 is 0 Å². The van der Waals surface area contributed by atoms with E-state index >= 15 is 0 Å². The van der Waals surface area contributed by atoms with E-state index in [-0.39, 0.29) is 35.8 Å². The van der Waals surface area contributed by atoms with E-state index in [9.17, 15) is 14.0 Å². The van der Waals surface area contributed by atoms with Gasteiger partial charge in [-0.2, -0.15) is 0 Å². The first-order valence-corrected chi connectivity index (χ1v) is 12.0. The number of nitrogens with zero attached hydrogens (tertiary/aromatic N) is 3. The fourth-order valence-corrected chi connectivity index (χ4v) is 4.15. The van der Waals surface area contributed by atoms with Crippen LogP contribution in [0.25, 0.3) is 0 Å². The van der Waals surface area contributed by atoms with Crippen molar-refractivity contribution in [2.75, 3.05) is 7.05 Å². The zero-order valence-corrected chi connectivity index (χ0v) is 21.1. The Balaban J connectivity index is 1.87. The van der Waals surface area contributed by atoms with Gasteiger partial charge in [-0.15, -0.1) is 0 Å². The molecule has 2 atom stereocenters. The molecule has 2 aromatic rings. The molecule has 1 heterocycles. The second kappa shape index (κ2) is 10.5. The Bertz CT molecular complexity index is 1070. The summed E-state index contributed by atoms with van der Waals surface area (Å²) in [7, 11) is 1.70. The van der Waals surface area contributed by atoms with E-state index in [1.54, 1.807) is 22.9 Å². The average Bonchev–Trinajstić information content (AvgIpc) is 2.79. The summed E-state index contributed by atoms with van der Waals surface area (Å²) < 4.78 is 14.6. The van der Waals surface area contributed by atoms with Gasteiger partial charge in [-0.25, -0.2) is 4.39 Å². The van der Waals surface area contributed by atoms with Crippen molar-refractivity contribution >= 4 is 17.6 Å². The van der Waals surface area contributed by atoms with Gasteiger partial charge < -0.3 is 4.90 Å². The third-order valence-electron chi connectivity index (χ3n) is 6.91. The number of halogens is 1. The topological polar surface area (TPSA) is 53.0 Å². The quantitative estimate of drug-likeness (QED) is 0.503. The molecule has 0 N–H and O–H groups in total. The summed E-state index contributed by atoms with van der Waals surface area (Å²) in [5, 5.41) is 0. The van der Waals surface area contributed by atoms with E-state index in [4.69, 9.17) is 4.99 Å². The van der Waals surface area contributed by atoms with Crippen molar-refractivity contribution in [1.82, 2.24) is 9.80 Å². The van der Waals surface area contributed by atoms with Gasteiger partial charge in [0, 0.05) is 25.1 Å². The minimum absolute atomic E-state index is 0.0140. The van der Waals surface area contributed by atoms with Gasteiger partial charge in [0.1, 0.15) is 11.7 Å². The van der Waals surface area contributed by atoms with E-state index in [0.29, 0.717) is 18.5 Å². The third-order valence-corrected chi connectivity index (χ3v) is 6.91. The Morgan fingerprint density at radius 1 is 1.15 bits per heavy atom. The minimum Gasteiger partial charge on any atom is -0.337 e. The number of rotatable bonds is 8. The smallest absolute Gasteiger partial charge is 0.254 e. The first kappa shape index (κ1) is 25.6. The van der Waals surface area contributed by atoms with Crippen LogP contribution in [0.4, 0.5) is 4.39 Å². The molecule has 1 aliphatic heterocycles. The van der Waals surface area contributed by atoms with Crippen molar-refractivity contribution in [2.24, 2.45) is 16.8 Å². The van der Waals surface area contributed by atoms with Crippen molar-refractivity contribution < 1.29 is 14.0 Å². The zero-order chi connectivity index (χ0) is 25.0. The number of hydrogen-bond donors (Lipinski definition) is 0. The molecule has 2 amide bonds. The van der Waals surface area contributed by atoms with Gasteiger partial charge >= 0.3 is 0 Å². The molecule has 3 rings (SSSR count). The van der Waals surface area contributed by atoms with Crippen LogP contribution in [0.5, 0.6) is 0 Å². The maximum absolute atomic E-state index is 14.6. The Morgan fingerprint density at radius 2 is 1.82 bits per heavy atom. The highest BCUT2D eigenvalue weighted by Crippen LogP contribution is 2.33. The van der Waals surface area contributed by atoms with Crippen molar-refractivity contribution in [1.29, 1.82) is 0 Å². The van der Waals surface area contributed by atoms with Crippen molar-refractivity contribution in [3.05, 3.63) is 71.0 Å². The van der Waals surface area contributed by atoms with E-state index < -0.39 is 11.4 Å². The Hall–Kier alpha value is -3.02. The molecule has 6 heteroatoms. The highest BCUT2D eigenvalue weighted by atomic mass is 19.1. The number of benzene rings is 2. The first-order chi connectivity index (χ1) is 16.0. The van der Waals surface area contributed by atoms with Gasteiger partial charge in [-0.05, 0) is 48.6 Å². The van der Waals surface area contributed by atoms with E-state index in [0.717, 1.165) is 17.8 Å². The van der Waals surface area contributed by atoms with Crippen LogP contribution in [0.3, 0.4) is 0 Å². The summed E-state index contributed by atoms with van der Waals surface area (Å²) in [6.45, 7) is 10.9. The molecular weight excluding hydrogens is 429 g/mol. The lowest BCUT2D eigenvalue weighted by Crippen LogP contribution is -2.50. The Morgan fingerprint density at radius 3 is 2.44 bits per heavy atom. The molecule has 2 unspecified atom stereocenters. The summed E-state index contributed by atoms with van der Waals surface area (Å²) in [5.74, 6) is 0.281. The third kappa shape index (κ3) is 5.72. The molecule has 0 aromatic heterocycles. The van der Waals surface area contributed by atoms with Gasteiger partial charge in [0.15, 0.2) is 0 Å². The Labute approximate surface area is 202 Å². The maximum atomic E-state index is 14.6. The summed E-state index contributed by atoms with van der Waals surface area (Å²) in [6.07, 6.45) is 1.15. The number of carbonyl (C=O) groups excluding carboxylic acids is 2. The van der Waals surface area contributed by atoms with Gasteiger partial charge in [-0.1, -0.05) is 58.0 Å². The SMILES string of the molecule is CCC(C)C1=NC(C)(C(C)C)CC(=O)N1Cc1cc(F)cc(C(=O)N(C)Cc2ccccc2)c1. The predicted octanol–water partition coefficient (Wildman–Crippen LogP) is 5.69. The number of aliphatic imine (C=N–C) groups is 1. The van der Waals surface area contributed by atoms with Crippen molar-refractivity contribution in [3.63, 3.8) is 0 Å². The normalized spacial score (nSPS) is 19.2. The highest BCUT2D eigenvalue weighted by molar-refractivity contribution is 6.02. The number of hydrogen-bond acceptors (Lipinski definition) is 3. The maximum Gasteiger partial charge on any atom is 0.254 e. The first-order valence-electron chi connectivity index (χ1n) is 12.0. The van der Waals surface area contributed by atoms with Crippen LogP contribution in [-0.4, -0.2) is 40.0 Å². The van der Waals surface area contributed by atoms with E-state index in [1.165, 1.54) is 12.1 Å². The van der Waals surface area contributed by atoms with Gasteiger partial charge in [-0.3, -0.25) is 19.5 Å². The second-order valence-corrected chi connectivity index (χ2v) is 9.94. The number of amidine groups is 1. The summed E-state index contributed by atoms with van der Waals surface area (Å²) in [5.41, 5.74) is 1.40. The number of amides is 2. The molecule has 5 nitrogen and oxygen atoms in total. The second-order valence-electron chi connectivity index (χ2n) is 9.94. The molecule has 1 aliphatic rings. The number of carbonyl (C=O) groups is 2. The van der Waals surface area contributed by atoms with Crippen LogP contribution in [0.2, 0.25) is 0 Å². The Kier molecular flexibility index (Phi) is 7.90. The fraction of sp³-hybridized carbons (Fsp3) is 0.464. The molecular formula is C28H36FN3O2. The van der Waals surface area contributed by atoms with Crippen molar-refractivity contribution in [2.45, 2.75) is 66.1 Å². The summed E-state index contributed by atoms with van der Waals surface area (Å²) >= 11 is 0. The van der Waals surface area contributed by atoms with Crippen LogP contribution < -0.4 is 0 Å². The van der Waals surface area contributed by atoms with E-state index in [2.05, 4.69) is 27.7 Å². The molecule has 0 fully saturated rings. The van der Waals surface area contributed by atoms with Crippen LogP contribution in [0, 0.1) is 17.7 Å². The molecule has 2 aromatic carbocycles. The molecule has 0 spiro atoms. The molecule has 0 saturated carbocycles. The fourth-order valence-electron chi connectivity index (χ4n) is 4.15. The summed E-state index contributed by atoms with van der Waals surface area (Å²) in [4.78, 5) is 34.5. The molecule has 0 radical (unpaired) electrons. The molecule has 34 heavy (non-hydrogen) atoms. The lowest BCUT2D eigenvalue weighted by Gasteiger charge is -2.40. The van der Waals surface area contributed by atoms with Crippen LogP contribution in [0.1, 0.15) is 68.9 Å². The van der Waals surface area contributed by atoms with E-state index in [1.807, 2.05) is 37.3 Å². The summed E-state index contributed by atoms with van der Waals surface area (Å²) in [6, 6.07) is 14.0. The molecule has 182 valence electrons. The highest BCUT2D eigenvalue weighted by Gasteiger charge is 2.40. The van der Waals surface area contributed by atoms with Gasteiger partial charge in [0.2, 0.25) is 5.91 Å². The van der Waals surface area contributed by atoms with Gasteiger partial charge in [0.05, 0.1) is 18.5 Å².